The topological polar surface area (TPSA) is 21.3 Å². The summed E-state index contributed by atoms with van der Waals surface area (Å²) >= 11 is 9.58. The lowest BCUT2D eigenvalue weighted by Crippen LogP contribution is -2.17. The van der Waals surface area contributed by atoms with Crippen molar-refractivity contribution >= 4 is 27.5 Å². The number of para-hydroxylation sites is 1. The number of hydrogen-bond donors (Lipinski definition) is 1. The van der Waals surface area contributed by atoms with E-state index in [1.54, 1.807) is 0 Å². The van der Waals surface area contributed by atoms with Gasteiger partial charge in [0.2, 0.25) is 0 Å². The highest BCUT2D eigenvalue weighted by atomic mass is 79.9. The Bertz CT molecular complexity index is 533. The summed E-state index contributed by atoms with van der Waals surface area (Å²) in [7, 11) is 0. The van der Waals surface area contributed by atoms with Crippen molar-refractivity contribution in [1.29, 1.82) is 0 Å². The molecular formula is C16H17BrClNO. The molecule has 0 saturated heterocycles. The van der Waals surface area contributed by atoms with Crippen LogP contribution in [0.15, 0.2) is 53.0 Å². The van der Waals surface area contributed by atoms with Crippen LogP contribution in [0.3, 0.4) is 0 Å². The van der Waals surface area contributed by atoms with E-state index in [9.17, 15) is 0 Å². The molecule has 2 rings (SSSR count). The second kappa shape index (κ2) is 8.30. The van der Waals surface area contributed by atoms with Crippen LogP contribution in [0.5, 0.6) is 5.75 Å². The van der Waals surface area contributed by atoms with E-state index < -0.39 is 0 Å². The monoisotopic (exact) mass is 353 g/mol. The van der Waals surface area contributed by atoms with Crippen molar-refractivity contribution in [1.82, 2.24) is 5.32 Å². The summed E-state index contributed by atoms with van der Waals surface area (Å²) in [6.45, 7) is 2.38. The maximum atomic E-state index is 6.13. The molecule has 0 amide bonds. The first kappa shape index (κ1) is 15.4. The van der Waals surface area contributed by atoms with Crippen molar-refractivity contribution in [2.75, 3.05) is 13.2 Å². The average molecular weight is 355 g/mol. The molecule has 0 heterocycles. The predicted octanol–water partition coefficient (Wildman–Crippen LogP) is 4.66. The number of rotatable bonds is 7. The van der Waals surface area contributed by atoms with Crippen molar-refractivity contribution in [3.8, 4) is 5.75 Å². The van der Waals surface area contributed by atoms with Gasteiger partial charge in [0.15, 0.2) is 0 Å². The Kier molecular flexibility index (Phi) is 6.37. The van der Waals surface area contributed by atoms with E-state index in [0.29, 0.717) is 6.61 Å². The lowest BCUT2D eigenvalue weighted by molar-refractivity contribution is 0.308. The molecule has 1 N–H and O–H groups in total. The van der Waals surface area contributed by atoms with Gasteiger partial charge in [0.25, 0.3) is 0 Å². The van der Waals surface area contributed by atoms with Crippen LogP contribution in [-0.4, -0.2) is 13.2 Å². The van der Waals surface area contributed by atoms with Gasteiger partial charge < -0.3 is 10.1 Å². The Morgan fingerprint density at radius 3 is 2.70 bits per heavy atom. The van der Waals surface area contributed by atoms with Crippen molar-refractivity contribution in [2.24, 2.45) is 0 Å². The minimum atomic E-state index is 0.712. The summed E-state index contributed by atoms with van der Waals surface area (Å²) in [5.41, 5.74) is 1.10. The number of nitrogens with one attached hydrogen (secondary N) is 1. The number of benzene rings is 2. The van der Waals surface area contributed by atoms with Crippen molar-refractivity contribution < 1.29 is 4.74 Å². The minimum absolute atomic E-state index is 0.712. The smallest absolute Gasteiger partial charge is 0.119 e. The van der Waals surface area contributed by atoms with Gasteiger partial charge in [-0.05, 0) is 48.9 Å². The SMILES string of the molecule is Clc1ccc(Br)cc1CNCCCOc1ccccc1. The summed E-state index contributed by atoms with van der Waals surface area (Å²) < 4.78 is 6.67. The van der Waals surface area contributed by atoms with Gasteiger partial charge in [-0.1, -0.05) is 45.7 Å². The van der Waals surface area contributed by atoms with Gasteiger partial charge in [-0.25, -0.2) is 0 Å². The van der Waals surface area contributed by atoms with Gasteiger partial charge in [0, 0.05) is 16.0 Å². The van der Waals surface area contributed by atoms with E-state index in [2.05, 4.69) is 21.2 Å². The third-order valence-corrected chi connectivity index (χ3v) is 3.70. The Labute approximate surface area is 133 Å². The molecule has 0 radical (unpaired) electrons. The summed E-state index contributed by atoms with van der Waals surface area (Å²) in [5.74, 6) is 0.919. The quantitative estimate of drug-likeness (QED) is 0.730. The maximum absolute atomic E-state index is 6.13. The molecular weight excluding hydrogens is 338 g/mol. The van der Waals surface area contributed by atoms with E-state index in [1.807, 2.05) is 48.5 Å². The summed E-state index contributed by atoms with van der Waals surface area (Å²) in [6, 6.07) is 15.8. The maximum Gasteiger partial charge on any atom is 0.119 e. The molecule has 0 saturated carbocycles. The Balaban J connectivity index is 1.63. The van der Waals surface area contributed by atoms with Gasteiger partial charge in [-0.2, -0.15) is 0 Å². The molecule has 2 nitrogen and oxygen atoms in total. The van der Waals surface area contributed by atoms with Crippen molar-refractivity contribution in [2.45, 2.75) is 13.0 Å². The lowest BCUT2D eigenvalue weighted by Gasteiger charge is -2.08. The zero-order valence-corrected chi connectivity index (χ0v) is 13.5. The van der Waals surface area contributed by atoms with Crippen LogP contribution in [0.4, 0.5) is 0 Å². The average Bonchev–Trinajstić information content (AvgIpc) is 2.47. The Hall–Kier alpha value is -1.03. The molecule has 0 aromatic heterocycles. The van der Waals surface area contributed by atoms with E-state index in [1.165, 1.54) is 0 Å². The second-order valence-electron chi connectivity index (χ2n) is 4.43. The largest absolute Gasteiger partial charge is 0.494 e. The van der Waals surface area contributed by atoms with Crippen LogP contribution < -0.4 is 10.1 Å². The molecule has 0 fully saturated rings. The van der Waals surface area contributed by atoms with E-state index in [4.69, 9.17) is 16.3 Å². The Morgan fingerprint density at radius 2 is 1.90 bits per heavy atom. The summed E-state index contributed by atoms with van der Waals surface area (Å²) in [4.78, 5) is 0. The molecule has 20 heavy (non-hydrogen) atoms. The lowest BCUT2D eigenvalue weighted by atomic mass is 10.2. The number of halogens is 2. The fourth-order valence-corrected chi connectivity index (χ4v) is 2.40. The van der Waals surface area contributed by atoms with Crippen LogP contribution in [0.2, 0.25) is 5.02 Å². The molecule has 0 aliphatic rings. The zero-order chi connectivity index (χ0) is 14.2. The molecule has 2 aromatic rings. The van der Waals surface area contributed by atoms with Crippen molar-refractivity contribution in [3.63, 3.8) is 0 Å². The minimum Gasteiger partial charge on any atom is -0.494 e. The molecule has 106 valence electrons. The molecule has 0 atom stereocenters. The summed E-state index contributed by atoms with van der Waals surface area (Å²) in [6.07, 6.45) is 0.959. The highest BCUT2D eigenvalue weighted by molar-refractivity contribution is 9.10. The highest BCUT2D eigenvalue weighted by Gasteiger charge is 2.00. The molecule has 0 unspecified atom stereocenters. The van der Waals surface area contributed by atoms with Crippen molar-refractivity contribution in [3.05, 3.63) is 63.6 Å². The molecule has 2 aromatic carbocycles. The van der Waals surface area contributed by atoms with Crippen LogP contribution in [0, 0.1) is 0 Å². The van der Waals surface area contributed by atoms with Gasteiger partial charge >= 0.3 is 0 Å². The fourth-order valence-electron chi connectivity index (χ4n) is 1.81. The first-order chi connectivity index (χ1) is 9.75. The van der Waals surface area contributed by atoms with Crippen LogP contribution in [-0.2, 0) is 6.54 Å². The van der Waals surface area contributed by atoms with Gasteiger partial charge in [-0.15, -0.1) is 0 Å². The van der Waals surface area contributed by atoms with Crippen LogP contribution >= 0.6 is 27.5 Å². The molecule has 4 heteroatoms. The Morgan fingerprint density at radius 1 is 1.10 bits per heavy atom. The van der Waals surface area contributed by atoms with Crippen LogP contribution in [0.1, 0.15) is 12.0 Å². The van der Waals surface area contributed by atoms with E-state index in [0.717, 1.165) is 40.3 Å². The number of hydrogen-bond acceptors (Lipinski definition) is 2. The van der Waals surface area contributed by atoms with E-state index >= 15 is 0 Å². The normalized spacial score (nSPS) is 10.5. The molecule has 0 bridgehead atoms. The fraction of sp³-hybridized carbons (Fsp3) is 0.250. The number of ether oxygens (including phenoxy) is 1. The molecule has 0 aliphatic heterocycles. The van der Waals surface area contributed by atoms with Gasteiger partial charge in [0.05, 0.1) is 6.61 Å². The first-order valence-electron chi connectivity index (χ1n) is 6.58. The summed E-state index contributed by atoms with van der Waals surface area (Å²) in [5, 5.41) is 4.16. The standard InChI is InChI=1S/C16H17BrClNO/c17-14-7-8-16(18)13(11-14)12-19-9-4-10-20-15-5-2-1-3-6-15/h1-3,5-8,11,19H,4,9-10,12H2. The van der Waals surface area contributed by atoms with Gasteiger partial charge in [0.1, 0.15) is 5.75 Å². The molecule has 0 spiro atoms. The van der Waals surface area contributed by atoms with Crippen LogP contribution in [0.25, 0.3) is 0 Å². The van der Waals surface area contributed by atoms with Gasteiger partial charge in [-0.3, -0.25) is 0 Å². The second-order valence-corrected chi connectivity index (χ2v) is 5.75. The predicted molar refractivity (Wildman–Crippen MR) is 87.4 cm³/mol. The third-order valence-electron chi connectivity index (χ3n) is 2.83. The third kappa shape index (κ3) is 5.16. The zero-order valence-electron chi connectivity index (χ0n) is 11.1. The van der Waals surface area contributed by atoms with E-state index in [-0.39, 0.29) is 0 Å². The highest BCUT2D eigenvalue weighted by Crippen LogP contribution is 2.20. The first-order valence-corrected chi connectivity index (χ1v) is 7.75. The molecule has 0 aliphatic carbocycles.